The van der Waals surface area contributed by atoms with Crippen LogP contribution in [0.15, 0.2) is 23.2 Å². The molecular weight excluding hydrogens is 224 g/mol. The van der Waals surface area contributed by atoms with Crippen molar-refractivity contribution in [3.8, 4) is 0 Å². The molecule has 0 atom stereocenters. The summed E-state index contributed by atoms with van der Waals surface area (Å²) in [5, 5.41) is 3.13. The number of rotatable bonds is 5. The van der Waals surface area contributed by atoms with Gasteiger partial charge in [-0.1, -0.05) is 6.07 Å². The molecule has 0 spiro atoms. The Hall–Kier alpha value is -1.55. The maximum atomic E-state index is 5.85. The second-order valence-corrected chi connectivity index (χ2v) is 4.93. The molecule has 0 aliphatic heterocycles. The van der Waals surface area contributed by atoms with E-state index >= 15 is 0 Å². The third-order valence-corrected chi connectivity index (χ3v) is 2.54. The van der Waals surface area contributed by atoms with Crippen LogP contribution in [0.25, 0.3) is 0 Å². The van der Waals surface area contributed by atoms with Gasteiger partial charge >= 0.3 is 0 Å². The van der Waals surface area contributed by atoms with Gasteiger partial charge in [-0.15, -0.1) is 0 Å². The molecule has 0 aliphatic rings. The highest BCUT2D eigenvalue weighted by Gasteiger charge is 1.97. The summed E-state index contributed by atoms with van der Waals surface area (Å²) in [6.07, 6.45) is 1.02. The summed E-state index contributed by atoms with van der Waals surface area (Å²) in [6.45, 7) is 5.92. The van der Waals surface area contributed by atoms with E-state index in [0.717, 1.165) is 25.2 Å². The van der Waals surface area contributed by atoms with Crippen molar-refractivity contribution in [1.29, 1.82) is 0 Å². The van der Waals surface area contributed by atoms with Crippen LogP contribution in [0.3, 0.4) is 0 Å². The normalized spacial score (nSPS) is 11.9. The van der Waals surface area contributed by atoms with Crippen LogP contribution in [0.5, 0.6) is 0 Å². The fourth-order valence-electron chi connectivity index (χ4n) is 1.82. The van der Waals surface area contributed by atoms with Crippen molar-refractivity contribution in [3.05, 3.63) is 29.3 Å². The molecular formula is C14H24N4. The summed E-state index contributed by atoms with van der Waals surface area (Å²) < 4.78 is 0. The van der Waals surface area contributed by atoms with Crippen LogP contribution < -0.4 is 11.1 Å². The lowest BCUT2D eigenvalue weighted by atomic mass is 10.1. The zero-order valence-electron chi connectivity index (χ0n) is 11.8. The number of guanidine groups is 1. The van der Waals surface area contributed by atoms with E-state index in [1.54, 1.807) is 0 Å². The molecule has 18 heavy (non-hydrogen) atoms. The first kappa shape index (κ1) is 14.5. The first-order valence-electron chi connectivity index (χ1n) is 6.27. The van der Waals surface area contributed by atoms with Crippen LogP contribution in [0.1, 0.15) is 17.5 Å². The van der Waals surface area contributed by atoms with Gasteiger partial charge in [0.05, 0.1) is 0 Å². The Morgan fingerprint density at radius 1 is 1.22 bits per heavy atom. The number of aryl methyl sites for hydroxylation is 2. The van der Waals surface area contributed by atoms with Crippen molar-refractivity contribution in [1.82, 2.24) is 4.90 Å². The van der Waals surface area contributed by atoms with Gasteiger partial charge in [0.25, 0.3) is 0 Å². The molecule has 1 rings (SSSR count). The molecule has 1 aromatic rings. The summed E-state index contributed by atoms with van der Waals surface area (Å²) in [5.41, 5.74) is 9.29. The maximum absolute atomic E-state index is 5.85. The van der Waals surface area contributed by atoms with Crippen molar-refractivity contribution in [2.45, 2.75) is 20.3 Å². The van der Waals surface area contributed by atoms with Gasteiger partial charge in [-0.2, -0.15) is 0 Å². The summed E-state index contributed by atoms with van der Waals surface area (Å²) in [5.74, 6) is 0.485. The molecule has 0 amide bonds. The highest BCUT2D eigenvalue weighted by atomic mass is 15.1. The number of benzene rings is 1. The van der Waals surface area contributed by atoms with E-state index < -0.39 is 0 Å². The van der Waals surface area contributed by atoms with Crippen LogP contribution in [0, 0.1) is 13.8 Å². The van der Waals surface area contributed by atoms with Gasteiger partial charge in [-0.05, 0) is 64.2 Å². The van der Waals surface area contributed by atoms with Gasteiger partial charge in [0.1, 0.15) is 0 Å². The van der Waals surface area contributed by atoms with Gasteiger partial charge in [0.2, 0.25) is 0 Å². The Morgan fingerprint density at radius 2 is 1.83 bits per heavy atom. The summed E-state index contributed by atoms with van der Waals surface area (Å²) in [6, 6.07) is 6.26. The summed E-state index contributed by atoms with van der Waals surface area (Å²) >= 11 is 0. The molecule has 0 unspecified atom stereocenters. The number of hydrogen-bond donors (Lipinski definition) is 2. The number of anilines is 1. The largest absolute Gasteiger partial charge is 0.370 e. The Labute approximate surface area is 110 Å². The minimum absolute atomic E-state index is 0.485. The minimum atomic E-state index is 0.485. The van der Waals surface area contributed by atoms with Gasteiger partial charge < -0.3 is 16.0 Å². The molecule has 4 nitrogen and oxygen atoms in total. The van der Waals surface area contributed by atoms with E-state index in [-0.39, 0.29) is 0 Å². The fourth-order valence-corrected chi connectivity index (χ4v) is 1.82. The van der Waals surface area contributed by atoms with Gasteiger partial charge in [-0.3, -0.25) is 4.99 Å². The van der Waals surface area contributed by atoms with E-state index in [4.69, 9.17) is 5.73 Å². The predicted molar refractivity (Wildman–Crippen MR) is 79.2 cm³/mol. The molecule has 0 fully saturated rings. The number of nitrogens with one attached hydrogen (secondary N) is 1. The van der Waals surface area contributed by atoms with Crippen LogP contribution >= 0.6 is 0 Å². The average Bonchev–Trinajstić information content (AvgIpc) is 2.22. The first-order chi connectivity index (χ1) is 8.47. The topological polar surface area (TPSA) is 53.6 Å². The zero-order chi connectivity index (χ0) is 13.5. The summed E-state index contributed by atoms with van der Waals surface area (Å²) in [4.78, 5) is 6.45. The molecule has 0 saturated carbocycles. The van der Waals surface area contributed by atoms with Crippen molar-refractivity contribution in [2.75, 3.05) is 32.5 Å². The van der Waals surface area contributed by atoms with Crippen LogP contribution in [0.2, 0.25) is 0 Å². The van der Waals surface area contributed by atoms with Crippen LogP contribution in [-0.4, -0.2) is 38.0 Å². The Kier molecular flexibility index (Phi) is 5.65. The van der Waals surface area contributed by atoms with Crippen LogP contribution in [-0.2, 0) is 0 Å². The number of aliphatic imine (C=N–C) groups is 1. The second-order valence-electron chi connectivity index (χ2n) is 4.93. The molecule has 0 aliphatic carbocycles. The molecule has 100 valence electrons. The fraction of sp³-hybridized carbons (Fsp3) is 0.500. The van der Waals surface area contributed by atoms with E-state index in [1.807, 2.05) is 0 Å². The minimum Gasteiger partial charge on any atom is -0.370 e. The van der Waals surface area contributed by atoms with Crippen molar-refractivity contribution < 1.29 is 0 Å². The van der Waals surface area contributed by atoms with E-state index in [2.05, 4.69) is 61.4 Å². The molecule has 0 radical (unpaired) electrons. The third kappa shape index (κ3) is 5.68. The Balaban J connectivity index is 2.48. The molecule has 0 bridgehead atoms. The lowest BCUT2D eigenvalue weighted by Gasteiger charge is -2.09. The van der Waals surface area contributed by atoms with E-state index in [9.17, 15) is 0 Å². The number of hydrogen-bond acceptors (Lipinski definition) is 2. The third-order valence-electron chi connectivity index (χ3n) is 2.54. The highest BCUT2D eigenvalue weighted by Crippen LogP contribution is 2.13. The number of nitrogens with two attached hydrogens (primary N) is 1. The zero-order valence-corrected chi connectivity index (χ0v) is 11.8. The van der Waals surface area contributed by atoms with Crippen molar-refractivity contribution in [2.24, 2.45) is 10.7 Å². The van der Waals surface area contributed by atoms with Crippen molar-refractivity contribution >= 4 is 11.6 Å². The first-order valence-corrected chi connectivity index (χ1v) is 6.27. The van der Waals surface area contributed by atoms with Crippen molar-refractivity contribution in [3.63, 3.8) is 0 Å². The molecule has 3 N–H and O–H groups in total. The Bertz CT molecular complexity index is 390. The van der Waals surface area contributed by atoms with E-state index in [0.29, 0.717) is 5.96 Å². The molecule has 0 saturated heterocycles. The smallest absolute Gasteiger partial charge is 0.193 e. The average molecular weight is 248 g/mol. The standard InChI is InChI=1S/C14H24N4/c1-11-8-12(2)10-13(9-11)17-14(15)16-6-5-7-18(3)4/h8-10H,5-7H2,1-4H3,(H3,15,16,17). The lowest BCUT2D eigenvalue weighted by Crippen LogP contribution is -2.23. The molecule has 1 aromatic carbocycles. The predicted octanol–water partition coefficient (Wildman–Crippen LogP) is 1.98. The SMILES string of the molecule is Cc1cc(C)cc(NC(N)=NCCCN(C)C)c1. The molecule has 0 heterocycles. The monoisotopic (exact) mass is 248 g/mol. The molecule has 0 aromatic heterocycles. The quantitative estimate of drug-likeness (QED) is 0.476. The second kappa shape index (κ2) is 7.01. The van der Waals surface area contributed by atoms with Gasteiger partial charge in [-0.25, -0.2) is 0 Å². The highest BCUT2D eigenvalue weighted by molar-refractivity contribution is 5.92. The van der Waals surface area contributed by atoms with Crippen LogP contribution in [0.4, 0.5) is 5.69 Å². The lowest BCUT2D eigenvalue weighted by molar-refractivity contribution is 0.403. The maximum Gasteiger partial charge on any atom is 0.193 e. The van der Waals surface area contributed by atoms with E-state index in [1.165, 1.54) is 11.1 Å². The Morgan fingerprint density at radius 3 is 2.39 bits per heavy atom. The van der Waals surface area contributed by atoms with Gasteiger partial charge in [0.15, 0.2) is 5.96 Å². The van der Waals surface area contributed by atoms with Gasteiger partial charge in [0, 0.05) is 12.2 Å². The molecule has 4 heteroatoms. The number of nitrogens with zero attached hydrogens (tertiary/aromatic N) is 2. The summed E-state index contributed by atoms with van der Waals surface area (Å²) in [7, 11) is 4.11.